The number of rotatable bonds is 5. The van der Waals surface area contributed by atoms with Crippen LogP contribution in [-0.4, -0.2) is 22.7 Å². The van der Waals surface area contributed by atoms with Crippen molar-refractivity contribution in [3.05, 3.63) is 11.4 Å². The summed E-state index contributed by atoms with van der Waals surface area (Å²) >= 11 is 0. The first-order valence-electron chi connectivity index (χ1n) is 5.52. The van der Waals surface area contributed by atoms with Crippen LogP contribution in [0.1, 0.15) is 24.7 Å². The van der Waals surface area contributed by atoms with Crippen molar-refractivity contribution in [2.75, 3.05) is 17.3 Å². The minimum Gasteiger partial charge on any atom is -0.369 e. The van der Waals surface area contributed by atoms with Crippen LogP contribution in [0.2, 0.25) is 0 Å². The zero-order valence-corrected chi connectivity index (χ0v) is 10.2. The molecule has 0 saturated heterocycles. The zero-order chi connectivity index (χ0) is 13.8. The smallest absolute Gasteiger partial charge is 0.369 e. The number of hydrogen-bond acceptors (Lipinski definition) is 5. The second-order valence-electron chi connectivity index (χ2n) is 3.75. The highest BCUT2D eigenvalue weighted by molar-refractivity contribution is 5.56. The van der Waals surface area contributed by atoms with Crippen LogP contribution in [0.25, 0.3) is 0 Å². The van der Waals surface area contributed by atoms with Gasteiger partial charge in [0.15, 0.2) is 0 Å². The van der Waals surface area contributed by atoms with Crippen molar-refractivity contribution in [1.29, 1.82) is 0 Å². The quantitative estimate of drug-likeness (QED) is 0.559. The van der Waals surface area contributed by atoms with Gasteiger partial charge in [-0.05, 0) is 6.92 Å². The molecule has 0 radical (unpaired) electrons. The number of aromatic nitrogens is 2. The van der Waals surface area contributed by atoms with E-state index < -0.39 is 12.6 Å². The first-order chi connectivity index (χ1) is 8.37. The van der Waals surface area contributed by atoms with E-state index in [4.69, 9.17) is 5.84 Å². The largest absolute Gasteiger partial charge is 0.390 e. The molecule has 8 heteroatoms. The molecule has 102 valence electrons. The topological polar surface area (TPSA) is 75.9 Å². The molecular weight excluding hydrogens is 247 g/mol. The maximum absolute atomic E-state index is 12.0. The normalized spacial score (nSPS) is 11.4. The van der Waals surface area contributed by atoms with Crippen LogP contribution < -0.4 is 16.6 Å². The highest BCUT2D eigenvalue weighted by Crippen LogP contribution is 2.22. The number of nitrogens with two attached hydrogens (primary N) is 1. The maximum Gasteiger partial charge on any atom is 0.390 e. The summed E-state index contributed by atoms with van der Waals surface area (Å²) in [5.74, 6) is 6.60. The van der Waals surface area contributed by atoms with Crippen molar-refractivity contribution >= 4 is 11.6 Å². The molecule has 1 aromatic heterocycles. The van der Waals surface area contributed by atoms with Crippen molar-refractivity contribution in [3.8, 4) is 0 Å². The van der Waals surface area contributed by atoms with Crippen LogP contribution in [-0.2, 0) is 6.42 Å². The molecule has 0 aromatic carbocycles. The van der Waals surface area contributed by atoms with Gasteiger partial charge in [0.05, 0.1) is 6.42 Å². The molecule has 5 nitrogen and oxygen atoms in total. The molecule has 0 spiro atoms. The molecular formula is C10H16F3N5. The molecule has 0 bridgehead atoms. The molecule has 0 aliphatic heterocycles. The number of hydrazine groups is 1. The van der Waals surface area contributed by atoms with Gasteiger partial charge in [0.2, 0.25) is 0 Å². The van der Waals surface area contributed by atoms with Gasteiger partial charge in [0.25, 0.3) is 0 Å². The molecule has 1 rings (SSSR count). The van der Waals surface area contributed by atoms with Gasteiger partial charge in [-0.3, -0.25) is 0 Å². The molecule has 0 amide bonds. The lowest BCUT2D eigenvalue weighted by Gasteiger charge is -2.13. The van der Waals surface area contributed by atoms with Crippen LogP contribution in [0.15, 0.2) is 0 Å². The average Bonchev–Trinajstić information content (AvgIpc) is 2.29. The van der Waals surface area contributed by atoms with E-state index in [0.29, 0.717) is 29.4 Å². The second kappa shape index (κ2) is 5.85. The van der Waals surface area contributed by atoms with Crippen molar-refractivity contribution in [2.24, 2.45) is 5.84 Å². The van der Waals surface area contributed by atoms with Gasteiger partial charge in [-0.1, -0.05) is 6.92 Å². The number of nitrogens with one attached hydrogen (secondary N) is 2. The molecule has 0 atom stereocenters. The van der Waals surface area contributed by atoms with E-state index in [0.717, 1.165) is 0 Å². The first-order valence-corrected chi connectivity index (χ1v) is 5.52. The summed E-state index contributed by atoms with van der Waals surface area (Å²) in [4.78, 5) is 8.25. The number of nitrogen functional groups attached to an aromatic ring is 1. The average molecular weight is 263 g/mol. The van der Waals surface area contributed by atoms with Crippen molar-refractivity contribution in [2.45, 2.75) is 32.9 Å². The van der Waals surface area contributed by atoms with E-state index in [-0.39, 0.29) is 6.54 Å². The van der Waals surface area contributed by atoms with Gasteiger partial charge in [0, 0.05) is 18.5 Å². The monoisotopic (exact) mass is 263 g/mol. The standard InChI is InChI=1S/C10H16F3N5/c1-3-7-16-8(6(2)9(17-7)18-14)15-5-4-10(11,12)13/h3-5,14H2,1-2H3,(H2,15,16,17,18). The van der Waals surface area contributed by atoms with Gasteiger partial charge < -0.3 is 10.7 Å². The highest BCUT2D eigenvalue weighted by Gasteiger charge is 2.26. The lowest BCUT2D eigenvalue weighted by Crippen LogP contribution is -2.18. The van der Waals surface area contributed by atoms with Gasteiger partial charge in [-0.25, -0.2) is 15.8 Å². The van der Waals surface area contributed by atoms with Crippen LogP contribution in [0.5, 0.6) is 0 Å². The molecule has 1 heterocycles. The van der Waals surface area contributed by atoms with E-state index in [2.05, 4.69) is 20.7 Å². The van der Waals surface area contributed by atoms with Crippen LogP contribution >= 0.6 is 0 Å². The summed E-state index contributed by atoms with van der Waals surface area (Å²) in [5.41, 5.74) is 3.00. The molecule has 0 saturated carbocycles. The predicted molar refractivity (Wildman–Crippen MR) is 63.1 cm³/mol. The summed E-state index contributed by atoms with van der Waals surface area (Å²) in [5, 5.41) is 2.65. The number of hydrogen-bond donors (Lipinski definition) is 3. The summed E-state index contributed by atoms with van der Waals surface area (Å²) in [6, 6.07) is 0. The third-order valence-corrected chi connectivity index (χ3v) is 2.35. The maximum atomic E-state index is 12.0. The molecule has 0 aliphatic carbocycles. The molecule has 0 aliphatic rings. The molecule has 0 fully saturated rings. The fourth-order valence-electron chi connectivity index (χ4n) is 1.36. The van der Waals surface area contributed by atoms with E-state index in [9.17, 15) is 13.2 Å². The van der Waals surface area contributed by atoms with Gasteiger partial charge in [-0.2, -0.15) is 13.2 Å². The van der Waals surface area contributed by atoms with Crippen LogP contribution in [0.4, 0.5) is 24.8 Å². The minimum absolute atomic E-state index is 0.228. The Balaban J connectivity index is 2.81. The Labute approximate surface area is 103 Å². The highest BCUT2D eigenvalue weighted by atomic mass is 19.4. The lowest BCUT2D eigenvalue weighted by atomic mass is 10.3. The summed E-state index contributed by atoms with van der Waals surface area (Å²) in [6.45, 7) is 3.31. The van der Waals surface area contributed by atoms with Gasteiger partial charge in [0.1, 0.15) is 17.5 Å². The van der Waals surface area contributed by atoms with Crippen molar-refractivity contribution in [1.82, 2.24) is 9.97 Å². The molecule has 4 N–H and O–H groups in total. The molecule has 0 unspecified atom stereocenters. The lowest BCUT2D eigenvalue weighted by molar-refractivity contribution is -0.131. The van der Waals surface area contributed by atoms with E-state index in [1.807, 2.05) is 6.92 Å². The fraction of sp³-hybridized carbons (Fsp3) is 0.600. The number of anilines is 2. The van der Waals surface area contributed by atoms with Crippen LogP contribution in [0.3, 0.4) is 0 Å². The van der Waals surface area contributed by atoms with Gasteiger partial charge in [-0.15, -0.1) is 0 Å². The Hall–Kier alpha value is -1.57. The number of alkyl halides is 3. The Morgan fingerprint density at radius 2 is 1.83 bits per heavy atom. The molecule has 18 heavy (non-hydrogen) atoms. The Kier molecular flexibility index (Phi) is 4.71. The zero-order valence-electron chi connectivity index (χ0n) is 10.2. The Morgan fingerprint density at radius 3 is 2.33 bits per heavy atom. The van der Waals surface area contributed by atoms with E-state index in [1.165, 1.54) is 0 Å². The number of aryl methyl sites for hydroxylation is 1. The number of halogens is 3. The molecule has 1 aromatic rings. The third kappa shape index (κ3) is 4.02. The van der Waals surface area contributed by atoms with Gasteiger partial charge >= 0.3 is 6.18 Å². The minimum atomic E-state index is -4.18. The summed E-state index contributed by atoms with van der Waals surface area (Å²) in [7, 11) is 0. The number of nitrogens with zero attached hydrogens (tertiary/aromatic N) is 2. The second-order valence-corrected chi connectivity index (χ2v) is 3.75. The van der Waals surface area contributed by atoms with E-state index in [1.54, 1.807) is 6.92 Å². The Morgan fingerprint density at radius 1 is 1.22 bits per heavy atom. The first kappa shape index (κ1) is 14.5. The fourth-order valence-corrected chi connectivity index (χ4v) is 1.36. The predicted octanol–water partition coefficient (Wildman–Crippen LogP) is 2.00. The van der Waals surface area contributed by atoms with Crippen LogP contribution in [0, 0.1) is 6.92 Å². The van der Waals surface area contributed by atoms with Crippen molar-refractivity contribution in [3.63, 3.8) is 0 Å². The Bertz CT molecular complexity index is 405. The van der Waals surface area contributed by atoms with E-state index >= 15 is 0 Å². The summed E-state index contributed by atoms with van der Waals surface area (Å²) < 4.78 is 36.1. The SMILES string of the molecule is CCc1nc(NN)c(C)c(NCCC(F)(F)F)n1. The summed E-state index contributed by atoms with van der Waals surface area (Å²) in [6.07, 6.45) is -4.53. The van der Waals surface area contributed by atoms with Crippen molar-refractivity contribution < 1.29 is 13.2 Å². The third-order valence-electron chi connectivity index (χ3n) is 2.35.